The smallest absolute Gasteiger partial charge is 0.270 e. The third-order valence-corrected chi connectivity index (χ3v) is 4.33. The van der Waals surface area contributed by atoms with Crippen molar-refractivity contribution in [3.05, 3.63) is 65.3 Å². The monoisotopic (exact) mass is 385 g/mol. The Kier molecular flexibility index (Phi) is 6.11. The number of carbonyl (C=O) groups excluding carboxylic acids is 1. The van der Waals surface area contributed by atoms with Crippen molar-refractivity contribution in [2.45, 2.75) is 0 Å². The highest BCUT2D eigenvalue weighted by Crippen LogP contribution is 2.28. The van der Waals surface area contributed by atoms with E-state index < -0.39 is 0 Å². The molecule has 1 N–H and O–H groups in total. The molecule has 0 saturated heterocycles. The van der Waals surface area contributed by atoms with Gasteiger partial charge >= 0.3 is 0 Å². The van der Waals surface area contributed by atoms with Crippen LogP contribution in [0, 0.1) is 0 Å². The number of amides is 1. The lowest BCUT2D eigenvalue weighted by molar-refractivity contribution is 0.0929. The van der Waals surface area contributed by atoms with Crippen molar-refractivity contribution >= 4 is 17.5 Å². The van der Waals surface area contributed by atoms with E-state index in [-0.39, 0.29) is 5.91 Å². The van der Waals surface area contributed by atoms with Gasteiger partial charge in [-0.1, -0.05) is 29.8 Å². The lowest BCUT2D eigenvalue weighted by Gasteiger charge is -2.09. The molecule has 0 unspecified atom stereocenters. The lowest BCUT2D eigenvalue weighted by Crippen LogP contribution is -2.28. The molecule has 0 saturated carbocycles. The van der Waals surface area contributed by atoms with Gasteiger partial charge in [0.05, 0.1) is 30.1 Å². The minimum absolute atomic E-state index is 0.242. The highest BCUT2D eigenvalue weighted by Gasteiger charge is 2.18. The molecule has 2 aromatic carbocycles. The summed E-state index contributed by atoms with van der Waals surface area (Å²) >= 11 is 6.31. The summed E-state index contributed by atoms with van der Waals surface area (Å²) < 4.78 is 11.8. The highest BCUT2D eigenvalue weighted by molar-refractivity contribution is 6.33. The van der Waals surface area contributed by atoms with Crippen LogP contribution >= 0.6 is 11.6 Å². The van der Waals surface area contributed by atoms with Crippen molar-refractivity contribution in [2.24, 2.45) is 0 Å². The molecule has 0 fully saturated rings. The fraction of sp³-hybridized carbons (Fsp3) is 0.200. The Morgan fingerprint density at radius 3 is 2.56 bits per heavy atom. The largest absolute Gasteiger partial charge is 0.497 e. The number of rotatable bonds is 7. The number of carbonyl (C=O) groups is 1. The van der Waals surface area contributed by atoms with Gasteiger partial charge < -0.3 is 14.8 Å². The molecule has 0 aliphatic heterocycles. The Balaban J connectivity index is 2.03. The van der Waals surface area contributed by atoms with Gasteiger partial charge in [-0.15, -0.1) is 0 Å². The van der Waals surface area contributed by atoms with Crippen molar-refractivity contribution < 1.29 is 14.3 Å². The van der Waals surface area contributed by atoms with Crippen LogP contribution in [0.1, 0.15) is 10.5 Å². The third-order valence-electron chi connectivity index (χ3n) is 4.00. The second-order valence-corrected chi connectivity index (χ2v) is 6.16. The minimum atomic E-state index is -0.242. The van der Waals surface area contributed by atoms with Crippen molar-refractivity contribution in [1.82, 2.24) is 15.1 Å². The number of hydrogen-bond donors (Lipinski definition) is 1. The number of aromatic nitrogens is 2. The first kappa shape index (κ1) is 18.9. The number of methoxy groups -OCH3 is 2. The fourth-order valence-corrected chi connectivity index (χ4v) is 2.85. The lowest BCUT2D eigenvalue weighted by atomic mass is 10.1. The summed E-state index contributed by atoms with van der Waals surface area (Å²) in [7, 11) is 3.19. The Bertz CT molecular complexity index is 922. The average molecular weight is 386 g/mol. The average Bonchev–Trinajstić information content (AvgIpc) is 3.14. The van der Waals surface area contributed by atoms with Crippen LogP contribution in [-0.2, 0) is 4.74 Å². The van der Waals surface area contributed by atoms with Crippen LogP contribution < -0.4 is 10.1 Å². The van der Waals surface area contributed by atoms with E-state index in [1.807, 2.05) is 42.5 Å². The van der Waals surface area contributed by atoms with Crippen LogP contribution in [-0.4, -0.2) is 43.1 Å². The molecular formula is C20H20ClN3O3. The second kappa shape index (κ2) is 8.70. The molecule has 27 heavy (non-hydrogen) atoms. The molecule has 1 aromatic heterocycles. The maximum absolute atomic E-state index is 12.7. The minimum Gasteiger partial charge on any atom is -0.497 e. The number of nitrogens with one attached hydrogen (secondary N) is 1. The van der Waals surface area contributed by atoms with Crippen molar-refractivity contribution in [1.29, 1.82) is 0 Å². The Hall–Kier alpha value is -2.83. The molecule has 7 heteroatoms. The van der Waals surface area contributed by atoms with Gasteiger partial charge in [0.2, 0.25) is 0 Å². The fourth-order valence-electron chi connectivity index (χ4n) is 2.62. The number of halogens is 1. The van der Waals surface area contributed by atoms with E-state index in [0.29, 0.717) is 29.6 Å². The van der Waals surface area contributed by atoms with Gasteiger partial charge in [-0.2, -0.15) is 5.10 Å². The molecule has 1 heterocycles. The van der Waals surface area contributed by atoms with E-state index in [1.54, 1.807) is 31.0 Å². The summed E-state index contributed by atoms with van der Waals surface area (Å²) in [6.07, 6.45) is 0. The van der Waals surface area contributed by atoms with E-state index in [9.17, 15) is 4.79 Å². The molecule has 0 aliphatic rings. The molecular weight excluding hydrogens is 366 g/mol. The van der Waals surface area contributed by atoms with Gasteiger partial charge in [-0.05, 0) is 36.4 Å². The van der Waals surface area contributed by atoms with Crippen LogP contribution in [0.5, 0.6) is 5.75 Å². The van der Waals surface area contributed by atoms with E-state index >= 15 is 0 Å². The standard InChI is InChI=1S/C20H20ClN3O3/c1-26-12-11-22-20(25)19-13-18(16-5-3-4-6-17(16)21)23-24(19)14-7-9-15(27-2)10-8-14/h3-10,13H,11-12H2,1-2H3,(H,22,25). The van der Waals surface area contributed by atoms with Gasteiger partial charge in [0.1, 0.15) is 11.4 Å². The number of nitrogens with zero attached hydrogens (tertiary/aromatic N) is 2. The highest BCUT2D eigenvalue weighted by atomic mass is 35.5. The molecule has 6 nitrogen and oxygen atoms in total. The van der Waals surface area contributed by atoms with Crippen molar-refractivity contribution in [3.63, 3.8) is 0 Å². The van der Waals surface area contributed by atoms with Crippen LogP contribution in [0.2, 0.25) is 5.02 Å². The van der Waals surface area contributed by atoms with Crippen LogP contribution in [0.25, 0.3) is 16.9 Å². The maximum atomic E-state index is 12.7. The molecule has 0 spiro atoms. The zero-order chi connectivity index (χ0) is 19.2. The summed E-state index contributed by atoms with van der Waals surface area (Å²) in [4.78, 5) is 12.7. The summed E-state index contributed by atoms with van der Waals surface area (Å²) in [6.45, 7) is 0.838. The van der Waals surface area contributed by atoms with Gasteiger partial charge in [0.15, 0.2) is 0 Å². The first-order valence-electron chi connectivity index (χ1n) is 8.40. The zero-order valence-corrected chi connectivity index (χ0v) is 15.9. The van der Waals surface area contributed by atoms with E-state index in [1.165, 1.54) is 0 Å². The third kappa shape index (κ3) is 4.30. The number of benzene rings is 2. The van der Waals surface area contributed by atoms with Crippen LogP contribution in [0.15, 0.2) is 54.6 Å². The first-order valence-corrected chi connectivity index (χ1v) is 8.78. The SMILES string of the molecule is COCCNC(=O)c1cc(-c2ccccc2Cl)nn1-c1ccc(OC)cc1. The summed E-state index contributed by atoms with van der Waals surface area (Å²) in [5.41, 5.74) is 2.53. The molecule has 3 rings (SSSR count). The van der Waals surface area contributed by atoms with Crippen molar-refractivity contribution in [2.75, 3.05) is 27.4 Å². The number of hydrogen-bond acceptors (Lipinski definition) is 4. The van der Waals surface area contributed by atoms with Gasteiger partial charge in [0, 0.05) is 19.2 Å². The predicted molar refractivity (Wildman–Crippen MR) is 105 cm³/mol. The predicted octanol–water partition coefficient (Wildman–Crippen LogP) is 3.58. The van der Waals surface area contributed by atoms with E-state index in [4.69, 9.17) is 21.1 Å². The van der Waals surface area contributed by atoms with Gasteiger partial charge in [-0.3, -0.25) is 4.79 Å². The topological polar surface area (TPSA) is 65.4 Å². The molecule has 0 atom stereocenters. The molecule has 0 bridgehead atoms. The Morgan fingerprint density at radius 1 is 1.15 bits per heavy atom. The first-order chi connectivity index (χ1) is 13.1. The van der Waals surface area contributed by atoms with E-state index in [0.717, 1.165) is 17.0 Å². The zero-order valence-electron chi connectivity index (χ0n) is 15.1. The second-order valence-electron chi connectivity index (χ2n) is 5.75. The Labute approximate surface area is 162 Å². The molecule has 0 aliphatic carbocycles. The summed E-state index contributed by atoms with van der Waals surface area (Å²) in [6, 6.07) is 16.4. The quantitative estimate of drug-likeness (QED) is 0.631. The molecule has 140 valence electrons. The molecule has 3 aromatic rings. The summed E-state index contributed by atoms with van der Waals surface area (Å²) in [5, 5.41) is 8.02. The molecule has 1 amide bonds. The Morgan fingerprint density at radius 2 is 1.89 bits per heavy atom. The van der Waals surface area contributed by atoms with Gasteiger partial charge in [0.25, 0.3) is 5.91 Å². The van der Waals surface area contributed by atoms with Crippen LogP contribution in [0.4, 0.5) is 0 Å². The summed E-state index contributed by atoms with van der Waals surface area (Å²) in [5.74, 6) is 0.483. The van der Waals surface area contributed by atoms with Crippen LogP contribution in [0.3, 0.4) is 0 Å². The maximum Gasteiger partial charge on any atom is 0.270 e. The van der Waals surface area contributed by atoms with Crippen molar-refractivity contribution in [3.8, 4) is 22.7 Å². The number of ether oxygens (including phenoxy) is 2. The van der Waals surface area contributed by atoms with E-state index in [2.05, 4.69) is 10.4 Å². The molecule has 0 radical (unpaired) electrons. The van der Waals surface area contributed by atoms with Gasteiger partial charge in [-0.25, -0.2) is 4.68 Å². The normalized spacial score (nSPS) is 10.6.